The van der Waals surface area contributed by atoms with Crippen molar-refractivity contribution in [2.45, 2.75) is 45.3 Å². The Labute approximate surface area is 97.0 Å². The van der Waals surface area contributed by atoms with Gasteiger partial charge in [0.25, 0.3) is 0 Å². The largest absolute Gasteiger partial charge is 0.486 e. The van der Waals surface area contributed by atoms with Gasteiger partial charge < -0.3 is 10.1 Å². The molecular weight excluding hydrogens is 198 g/mol. The van der Waals surface area contributed by atoms with E-state index in [9.17, 15) is 0 Å². The van der Waals surface area contributed by atoms with Crippen molar-refractivity contribution in [3.05, 3.63) is 23.8 Å². The van der Waals surface area contributed by atoms with Gasteiger partial charge in [0.2, 0.25) is 0 Å². The van der Waals surface area contributed by atoms with E-state index in [1.165, 1.54) is 30.5 Å². The van der Waals surface area contributed by atoms with Crippen molar-refractivity contribution >= 4 is 5.69 Å². The maximum absolute atomic E-state index is 6.17. The number of nitrogens with one attached hydrogen (secondary N) is 1. The van der Waals surface area contributed by atoms with Crippen molar-refractivity contribution in [1.82, 2.24) is 0 Å². The highest BCUT2D eigenvalue weighted by Crippen LogP contribution is 2.38. The van der Waals surface area contributed by atoms with Crippen LogP contribution in [-0.2, 0) is 0 Å². The molecule has 2 nitrogen and oxygen atoms in total. The predicted octanol–water partition coefficient (Wildman–Crippen LogP) is 3.36. The predicted molar refractivity (Wildman–Crippen MR) is 66.0 cm³/mol. The Kier molecular flexibility index (Phi) is 2.31. The summed E-state index contributed by atoms with van der Waals surface area (Å²) in [5, 5.41) is 3.63. The fraction of sp³-hybridized carbons (Fsp3) is 0.571. The van der Waals surface area contributed by atoms with Crippen molar-refractivity contribution in [2.75, 3.05) is 5.32 Å². The van der Waals surface area contributed by atoms with Crippen LogP contribution in [0, 0.1) is 12.8 Å². The number of aryl methyl sites for hydroxylation is 1. The Bertz CT molecular complexity index is 402. The van der Waals surface area contributed by atoms with E-state index in [4.69, 9.17) is 4.74 Å². The summed E-state index contributed by atoms with van der Waals surface area (Å²) >= 11 is 0. The lowest BCUT2D eigenvalue weighted by Gasteiger charge is -2.41. The number of ether oxygens (including phenoxy) is 1. The minimum absolute atomic E-state index is 0.364. The molecule has 0 aromatic heterocycles. The van der Waals surface area contributed by atoms with E-state index in [0.717, 1.165) is 5.75 Å². The molecule has 86 valence electrons. The van der Waals surface area contributed by atoms with Crippen molar-refractivity contribution < 1.29 is 4.74 Å². The molecule has 3 rings (SSSR count). The lowest BCUT2D eigenvalue weighted by Crippen LogP contribution is -2.47. The minimum Gasteiger partial charge on any atom is -0.486 e. The first kappa shape index (κ1) is 10.0. The van der Waals surface area contributed by atoms with Gasteiger partial charge >= 0.3 is 0 Å². The van der Waals surface area contributed by atoms with E-state index in [1.54, 1.807) is 0 Å². The molecule has 0 bridgehead atoms. The van der Waals surface area contributed by atoms with Gasteiger partial charge in [-0.25, -0.2) is 0 Å². The van der Waals surface area contributed by atoms with Crippen LogP contribution in [0.5, 0.6) is 5.75 Å². The molecule has 1 aliphatic carbocycles. The van der Waals surface area contributed by atoms with Crippen molar-refractivity contribution in [1.29, 1.82) is 0 Å². The second kappa shape index (κ2) is 3.69. The van der Waals surface area contributed by atoms with Crippen molar-refractivity contribution in [2.24, 2.45) is 5.92 Å². The van der Waals surface area contributed by atoms with Crippen molar-refractivity contribution in [3.63, 3.8) is 0 Å². The smallest absolute Gasteiger partial charge is 0.143 e. The zero-order valence-corrected chi connectivity index (χ0v) is 9.99. The quantitative estimate of drug-likeness (QED) is 0.719. The number of fused-ring (bicyclic) bond motifs is 2. The van der Waals surface area contributed by atoms with Crippen LogP contribution in [0.25, 0.3) is 0 Å². The summed E-state index contributed by atoms with van der Waals surface area (Å²) in [4.78, 5) is 0. The van der Waals surface area contributed by atoms with Crippen molar-refractivity contribution in [3.8, 4) is 5.75 Å². The summed E-state index contributed by atoms with van der Waals surface area (Å²) < 4.78 is 6.17. The Hall–Kier alpha value is -1.18. The molecule has 0 spiro atoms. The van der Waals surface area contributed by atoms with Crippen LogP contribution in [0.15, 0.2) is 18.2 Å². The molecule has 0 saturated heterocycles. The molecule has 1 aliphatic heterocycles. The molecule has 1 saturated carbocycles. The lowest BCUT2D eigenvalue weighted by molar-refractivity contribution is 0.0818. The second-order valence-corrected chi connectivity index (χ2v) is 5.24. The highest BCUT2D eigenvalue weighted by Gasteiger charge is 2.36. The van der Waals surface area contributed by atoms with Gasteiger partial charge in [0.1, 0.15) is 11.9 Å². The maximum atomic E-state index is 6.17. The number of hydrogen-bond donors (Lipinski definition) is 1. The third kappa shape index (κ3) is 1.57. The van der Waals surface area contributed by atoms with Crippen LogP contribution in [0.1, 0.15) is 31.7 Å². The Morgan fingerprint density at radius 2 is 2.19 bits per heavy atom. The Morgan fingerprint density at radius 3 is 3.06 bits per heavy atom. The van der Waals surface area contributed by atoms with Gasteiger partial charge in [-0.05, 0) is 43.4 Å². The third-order valence-electron chi connectivity index (χ3n) is 3.87. The van der Waals surface area contributed by atoms with E-state index >= 15 is 0 Å². The average molecular weight is 217 g/mol. The fourth-order valence-electron chi connectivity index (χ4n) is 2.93. The first-order valence-corrected chi connectivity index (χ1v) is 6.28. The van der Waals surface area contributed by atoms with E-state index in [2.05, 4.69) is 37.4 Å². The lowest BCUT2D eigenvalue weighted by atomic mass is 9.83. The molecule has 3 unspecified atom stereocenters. The van der Waals surface area contributed by atoms with Gasteiger partial charge in [0.05, 0.1) is 11.7 Å². The summed E-state index contributed by atoms with van der Waals surface area (Å²) in [6, 6.07) is 6.93. The number of anilines is 1. The topological polar surface area (TPSA) is 21.3 Å². The molecular formula is C14H19NO. The van der Waals surface area contributed by atoms with Gasteiger partial charge in [-0.1, -0.05) is 19.4 Å². The normalized spacial score (nSPS) is 32.0. The van der Waals surface area contributed by atoms with Crippen LogP contribution >= 0.6 is 0 Å². The third-order valence-corrected chi connectivity index (χ3v) is 3.87. The van der Waals surface area contributed by atoms with Crippen LogP contribution in [-0.4, -0.2) is 12.1 Å². The van der Waals surface area contributed by atoms with Gasteiger partial charge in [0.15, 0.2) is 0 Å². The summed E-state index contributed by atoms with van der Waals surface area (Å²) in [6.07, 6.45) is 4.22. The highest BCUT2D eigenvalue weighted by molar-refractivity contribution is 5.60. The summed E-state index contributed by atoms with van der Waals surface area (Å²) in [6.45, 7) is 4.42. The first-order chi connectivity index (χ1) is 7.74. The van der Waals surface area contributed by atoms with E-state index in [-0.39, 0.29) is 0 Å². The standard InChI is InChI=1S/C14H19NO/c1-9-6-7-11-13(8-9)16-14-10(2)4-3-5-12(14)15-11/h6-8,10,12,14-15H,3-5H2,1-2H3. The molecule has 16 heavy (non-hydrogen) atoms. The molecule has 3 atom stereocenters. The molecule has 1 aromatic carbocycles. The SMILES string of the molecule is Cc1ccc2c(c1)OC1C(C)CCCC1N2. The second-order valence-electron chi connectivity index (χ2n) is 5.24. The van der Waals surface area contributed by atoms with Gasteiger partial charge in [0, 0.05) is 0 Å². The Morgan fingerprint density at radius 1 is 1.31 bits per heavy atom. The molecule has 1 heterocycles. The van der Waals surface area contributed by atoms with Crippen LogP contribution < -0.4 is 10.1 Å². The van der Waals surface area contributed by atoms with Crippen LogP contribution in [0.4, 0.5) is 5.69 Å². The molecule has 0 radical (unpaired) electrons. The summed E-state index contributed by atoms with van der Waals surface area (Å²) in [7, 11) is 0. The molecule has 2 heteroatoms. The number of benzene rings is 1. The molecule has 2 aliphatic rings. The molecule has 1 fully saturated rings. The Balaban J connectivity index is 1.93. The zero-order chi connectivity index (χ0) is 11.1. The van der Waals surface area contributed by atoms with E-state index in [1.807, 2.05) is 0 Å². The van der Waals surface area contributed by atoms with Gasteiger partial charge in [-0.15, -0.1) is 0 Å². The van der Waals surface area contributed by atoms with Crippen LogP contribution in [0.3, 0.4) is 0 Å². The highest BCUT2D eigenvalue weighted by atomic mass is 16.5. The van der Waals surface area contributed by atoms with Gasteiger partial charge in [-0.3, -0.25) is 0 Å². The summed E-state index contributed by atoms with van der Waals surface area (Å²) in [5.74, 6) is 1.70. The first-order valence-electron chi connectivity index (χ1n) is 6.28. The summed E-state index contributed by atoms with van der Waals surface area (Å²) in [5.41, 5.74) is 2.43. The van der Waals surface area contributed by atoms with Gasteiger partial charge in [-0.2, -0.15) is 0 Å². The minimum atomic E-state index is 0.364. The maximum Gasteiger partial charge on any atom is 0.143 e. The fourth-order valence-corrected chi connectivity index (χ4v) is 2.93. The van der Waals surface area contributed by atoms with Crippen LogP contribution in [0.2, 0.25) is 0 Å². The monoisotopic (exact) mass is 217 g/mol. The molecule has 1 N–H and O–H groups in total. The number of rotatable bonds is 0. The zero-order valence-electron chi connectivity index (χ0n) is 9.99. The average Bonchev–Trinajstić information content (AvgIpc) is 2.28. The molecule has 0 amide bonds. The van der Waals surface area contributed by atoms with E-state index < -0.39 is 0 Å². The number of hydrogen-bond acceptors (Lipinski definition) is 2. The molecule has 1 aromatic rings. The van der Waals surface area contributed by atoms with E-state index in [0.29, 0.717) is 18.1 Å².